The topological polar surface area (TPSA) is 58.9 Å². The Kier molecular flexibility index (Phi) is 4.17. The Bertz CT molecular complexity index is 278. The highest BCUT2D eigenvalue weighted by atomic mass is 16.5. The van der Waals surface area contributed by atoms with Gasteiger partial charge in [-0.25, -0.2) is 0 Å². The summed E-state index contributed by atoms with van der Waals surface area (Å²) >= 11 is 0. The van der Waals surface area contributed by atoms with Crippen LogP contribution < -0.4 is 0 Å². The summed E-state index contributed by atoms with van der Waals surface area (Å²) in [6.45, 7) is 3.82. The molecule has 0 spiro atoms. The Balaban J connectivity index is 3.00. The van der Waals surface area contributed by atoms with Gasteiger partial charge in [-0.2, -0.15) is 0 Å². The molecule has 0 aromatic rings. The monoisotopic (exact) mass is 214 g/mol. The van der Waals surface area contributed by atoms with Crippen LogP contribution in [0.25, 0.3) is 0 Å². The molecular formula is C11H18O4. The van der Waals surface area contributed by atoms with E-state index in [1.165, 1.54) is 0 Å². The predicted molar refractivity (Wildman–Crippen MR) is 56.0 cm³/mol. The van der Waals surface area contributed by atoms with Crippen LogP contribution >= 0.6 is 0 Å². The van der Waals surface area contributed by atoms with E-state index in [2.05, 4.69) is 0 Å². The molecule has 1 heterocycles. The summed E-state index contributed by atoms with van der Waals surface area (Å²) in [6, 6.07) is 0. The third-order valence-corrected chi connectivity index (χ3v) is 2.62. The summed E-state index contributed by atoms with van der Waals surface area (Å²) in [5.41, 5.74) is 0.622. The molecule has 0 amide bonds. The van der Waals surface area contributed by atoms with Crippen molar-refractivity contribution < 1.29 is 19.7 Å². The fraction of sp³-hybridized carbons (Fsp3) is 0.636. The number of hydrogen-bond donors (Lipinski definition) is 2. The molecule has 0 aromatic carbocycles. The van der Waals surface area contributed by atoms with E-state index >= 15 is 0 Å². The average molecular weight is 214 g/mol. The van der Waals surface area contributed by atoms with Gasteiger partial charge in [0.25, 0.3) is 0 Å². The number of hydrogen-bond acceptors (Lipinski definition) is 4. The van der Waals surface area contributed by atoms with Crippen molar-refractivity contribution in [3.05, 3.63) is 23.2 Å². The first-order valence-corrected chi connectivity index (χ1v) is 5.01. The number of aliphatic hydroxyl groups is 2. The molecule has 0 bridgehead atoms. The van der Waals surface area contributed by atoms with Gasteiger partial charge in [0, 0.05) is 5.92 Å². The summed E-state index contributed by atoms with van der Waals surface area (Å²) < 4.78 is 10.6. The molecule has 0 aliphatic carbocycles. The number of ether oxygens (including phenoxy) is 2. The van der Waals surface area contributed by atoms with Gasteiger partial charge >= 0.3 is 0 Å². The molecule has 86 valence electrons. The van der Waals surface area contributed by atoms with Crippen LogP contribution in [0.15, 0.2) is 23.2 Å². The molecule has 0 radical (unpaired) electrons. The van der Waals surface area contributed by atoms with Crippen LogP contribution in [0.5, 0.6) is 0 Å². The lowest BCUT2D eigenvalue weighted by Gasteiger charge is -2.26. The Morgan fingerprint density at radius 2 is 2.20 bits per heavy atom. The molecule has 4 heteroatoms. The summed E-state index contributed by atoms with van der Waals surface area (Å²) in [7, 11) is 1.55. The molecule has 4 nitrogen and oxygen atoms in total. The van der Waals surface area contributed by atoms with Crippen molar-refractivity contribution in [1.82, 2.24) is 0 Å². The highest BCUT2D eigenvalue weighted by Crippen LogP contribution is 2.28. The van der Waals surface area contributed by atoms with Crippen LogP contribution in [0.2, 0.25) is 0 Å². The van der Waals surface area contributed by atoms with E-state index in [4.69, 9.17) is 9.47 Å². The van der Waals surface area contributed by atoms with E-state index in [1.54, 1.807) is 20.1 Å². The van der Waals surface area contributed by atoms with Gasteiger partial charge in [-0.1, -0.05) is 6.92 Å². The van der Waals surface area contributed by atoms with E-state index in [1.807, 2.05) is 6.92 Å². The Labute approximate surface area is 89.8 Å². The van der Waals surface area contributed by atoms with Crippen molar-refractivity contribution in [1.29, 1.82) is 0 Å². The molecule has 0 saturated heterocycles. The quantitative estimate of drug-likeness (QED) is 0.727. The molecule has 1 aliphatic heterocycles. The van der Waals surface area contributed by atoms with Gasteiger partial charge in [0.15, 0.2) is 0 Å². The molecule has 1 rings (SSSR count). The van der Waals surface area contributed by atoms with Gasteiger partial charge in [0.05, 0.1) is 25.4 Å². The molecule has 0 aromatic heterocycles. The minimum atomic E-state index is -0.516. The van der Waals surface area contributed by atoms with Gasteiger partial charge in [-0.05, 0) is 13.0 Å². The van der Waals surface area contributed by atoms with Gasteiger partial charge in [0.1, 0.15) is 18.1 Å². The SMILES string of the molecule is COC1=CCOC(C(C)C(C)O)=C1CO. The zero-order valence-corrected chi connectivity index (χ0v) is 9.36. The van der Waals surface area contributed by atoms with Crippen LogP contribution in [-0.2, 0) is 9.47 Å². The average Bonchev–Trinajstić information content (AvgIpc) is 2.26. The molecule has 0 fully saturated rings. The first kappa shape index (κ1) is 12.1. The highest BCUT2D eigenvalue weighted by molar-refractivity contribution is 5.33. The lowest BCUT2D eigenvalue weighted by atomic mass is 9.97. The molecular weight excluding hydrogens is 196 g/mol. The molecule has 0 saturated carbocycles. The van der Waals surface area contributed by atoms with Crippen molar-refractivity contribution in [2.24, 2.45) is 5.92 Å². The Morgan fingerprint density at radius 1 is 1.53 bits per heavy atom. The molecule has 2 atom stereocenters. The van der Waals surface area contributed by atoms with Crippen LogP contribution in [0.1, 0.15) is 13.8 Å². The van der Waals surface area contributed by atoms with E-state index in [-0.39, 0.29) is 12.5 Å². The second kappa shape index (κ2) is 5.19. The van der Waals surface area contributed by atoms with Crippen molar-refractivity contribution in [2.45, 2.75) is 20.0 Å². The second-order valence-corrected chi connectivity index (χ2v) is 3.61. The zero-order chi connectivity index (χ0) is 11.4. The normalized spacial score (nSPS) is 20.5. The summed E-state index contributed by atoms with van der Waals surface area (Å²) in [6.07, 6.45) is 1.25. The minimum Gasteiger partial charge on any atom is -0.496 e. The zero-order valence-electron chi connectivity index (χ0n) is 9.36. The fourth-order valence-electron chi connectivity index (χ4n) is 1.53. The van der Waals surface area contributed by atoms with Crippen molar-refractivity contribution >= 4 is 0 Å². The first-order chi connectivity index (χ1) is 7.11. The first-order valence-electron chi connectivity index (χ1n) is 5.01. The minimum absolute atomic E-state index is 0.147. The van der Waals surface area contributed by atoms with E-state index in [0.29, 0.717) is 23.7 Å². The number of rotatable bonds is 4. The van der Waals surface area contributed by atoms with E-state index in [0.717, 1.165) is 0 Å². The second-order valence-electron chi connectivity index (χ2n) is 3.61. The largest absolute Gasteiger partial charge is 0.496 e. The summed E-state index contributed by atoms with van der Waals surface area (Å²) in [5, 5.41) is 18.7. The maximum absolute atomic E-state index is 9.49. The van der Waals surface area contributed by atoms with Gasteiger partial charge in [0.2, 0.25) is 0 Å². The van der Waals surface area contributed by atoms with Gasteiger partial charge in [-0.15, -0.1) is 0 Å². The fourth-order valence-corrected chi connectivity index (χ4v) is 1.53. The Hall–Kier alpha value is -1.00. The lowest BCUT2D eigenvalue weighted by molar-refractivity contribution is 0.0948. The molecule has 15 heavy (non-hydrogen) atoms. The maximum Gasteiger partial charge on any atom is 0.127 e. The summed E-state index contributed by atoms with van der Waals surface area (Å²) in [5.74, 6) is 1.10. The van der Waals surface area contributed by atoms with Gasteiger partial charge in [-0.3, -0.25) is 0 Å². The molecule has 2 N–H and O–H groups in total. The van der Waals surface area contributed by atoms with E-state index in [9.17, 15) is 10.2 Å². The number of aliphatic hydroxyl groups excluding tert-OH is 2. The van der Waals surface area contributed by atoms with E-state index < -0.39 is 6.10 Å². The third-order valence-electron chi connectivity index (χ3n) is 2.62. The van der Waals surface area contributed by atoms with Crippen molar-refractivity contribution in [2.75, 3.05) is 20.3 Å². The summed E-state index contributed by atoms with van der Waals surface area (Å²) in [4.78, 5) is 0. The highest BCUT2D eigenvalue weighted by Gasteiger charge is 2.24. The standard InChI is InChI=1S/C11H18O4/c1-7(8(2)13)11-9(6-12)10(14-3)4-5-15-11/h4,7-8,12-13H,5-6H2,1-3H3. The van der Waals surface area contributed by atoms with Crippen LogP contribution in [0.4, 0.5) is 0 Å². The maximum atomic E-state index is 9.49. The smallest absolute Gasteiger partial charge is 0.127 e. The van der Waals surface area contributed by atoms with Crippen LogP contribution in [-0.4, -0.2) is 36.6 Å². The predicted octanol–water partition coefficient (Wildman–Crippen LogP) is 0.810. The van der Waals surface area contributed by atoms with Crippen molar-refractivity contribution in [3.8, 4) is 0 Å². The van der Waals surface area contributed by atoms with Crippen LogP contribution in [0, 0.1) is 5.92 Å². The Morgan fingerprint density at radius 3 is 2.67 bits per heavy atom. The number of methoxy groups -OCH3 is 1. The lowest BCUT2D eigenvalue weighted by Crippen LogP contribution is -2.23. The van der Waals surface area contributed by atoms with Crippen molar-refractivity contribution in [3.63, 3.8) is 0 Å². The molecule has 2 unspecified atom stereocenters. The molecule has 1 aliphatic rings. The third kappa shape index (κ3) is 2.52. The van der Waals surface area contributed by atoms with Gasteiger partial charge < -0.3 is 19.7 Å². The van der Waals surface area contributed by atoms with Crippen LogP contribution in [0.3, 0.4) is 0 Å².